The van der Waals surface area contributed by atoms with E-state index >= 15 is 0 Å². The molecular formula is C11H13BrClN. The Kier molecular flexibility index (Phi) is 2.63. The monoisotopic (exact) mass is 273 g/mol. The van der Waals surface area contributed by atoms with Gasteiger partial charge < -0.3 is 5.32 Å². The van der Waals surface area contributed by atoms with Crippen molar-refractivity contribution in [2.24, 2.45) is 5.92 Å². The van der Waals surface area contributed by atoms with Crippen molar-refractivity contribution in [3.8, 4) is 0 Å². The highest BCUT2D eigenvalue weighted by atomic mass is 79.9. The smallest absolute Gasteiger partial charge is 0.0175 e. The van der Waals surface area contributed by atoms with Gasteiger partial charge in [-0.2, -0.15) is 0 Å². The fraction of sp³-hybridized carbons (Fsp3) is 0.455. The summed E-state index contributed by atoms with van der Waals surface area (Å²) in [6.07, 6.45) is 1.39. The maximum absolute atomic E-state index is 3.47. The Hall–Kier alpha value is -0.0500. The van der Waals surface area contributed by atoms with Crippen molar-refractivity contribution >= 4 is 28.3 Å². The molecule has 1 aromatic rings. The number of fused-ring (bicyclic) bond motifs is 1. The van der Waals surface area contributed by atoms with Crippen molar-refractivity contribution in [2.45, 2.75) is 11.8 Å². The number of nitrogens with one attached hydrogen (secondary N) is 1. The van der Waals surface area contributed by atoms with Gasteiger partial charge in [0.1, 0.15) is 0 Å². The topological polar surface area (TPSA) is 12.0 Å². The van der Waals surface area contributed by atoms with Gasteiger partial charge in [0.2, 0.25) is 0 Å². The Labute approximate surface area is 98.8 Å². The molecule has 0 unspecified atom stereocenters. The van der Waals surface area contributed by atoms with Crippen LogP contribution in [0.25, 0.3) is 0 Å². The van der Waals surface area contributed by atoms with Crippen LogP contribution < -0.4 is 5.32 Å². The first kappa shape index (κ1) is 10.5. The van der Waals surface area contributed by atoms with Crippen LogP contribution in [0.4, 0.5) is 0 Å². The van der Waals surface area contributed by atoms with E-state index < -0.39 is 0 Å². The van der Waals surface area contributed by atoms with E-state index in [0.29, 0.717) is 5.41 Å². The minimum Gasteiger partial charge on any atom is -0.316 e. The molecule has 0 bridgehead atoms. The predicted molar refractivity (Wildman–Crippen MR) is 64.0 cm³/mol. The molecule has 1 nitrogen and oxygen atoms in total. The lowest BCUT2D eigenvalue weighted by molar-refractivity contribution is 0.675. The van der Waals surface area contributed by atoms with E-state index in [1.54, 1.807) is 0 Å². The second-order valence-corrected chi connectivity index (χ2v) is 5.11. The number of hydrogen-bond acceptors (Lipinski definition) is 1. The third-order valence-electron chi connectivity index (χ3n) is 3.48. The molecule has 0 radical (unpaired) electrons. The summed E-state index contributed by atoms with van der Waals surface area (Å²) in [5, 5.41) is 3.46. The zero-order valence-electron chi connectivity index (χ0n) is 7.79. The minimum absolute atomic E-state index is 0. The molecule has 1 aliphatic heterocycles. The quantitative estimate of drug-likeness (QED) is 0.830. The lowest BCUT2D eigenvalue weighted by Crippen LogP contribution is -2.18. The van der Waals surface area contributed by atoms with Crippen LogP contribution in [0.2, 0.25) is 0 Å². The molecule has 3 rings (SSSR count). The second kappa shape index (κ2) is 3.51. The molecule has 1 N–H and O–H groups in total. The standard InChI is InChI=1S/C11H12BrN.ClH/c12-10-3-1-8(2-4-10)11-5-9(11)6-13-7-11;/h1-4,9,13H,5-7H2;1H/t9-,11+;/m1./s1. The first-order chi connectivity index (χ1) is 6.31. The van der Waals surface area contributed by atoms with E-state index in [4.69, 9.17) is 0 Å². The van der Waals surface area contributed by atoms with Gasteiger partial charge in [-0.25, -0.2) is 0 Å². The minimum atomic E-state index is 0. The Morgan fingerprint density at radius 3 is 2.50 bits per heavy atom. The second-order valence-electron chi connectivity index (χ2n) is 4.19. The fourth-order valence-electron chi connectivity index (χ4n) is 2.57. The molecule has 76 valence electrons. The van der Waals surface area contributed by atoms with Crippen LogP contribution in [0, 0.1) is 5.92 Å². The summed E-state index contributed by atoms with van der Waals surface area (Å²) >= 11 is 3.47. The summed E-state index contributed by atoms with van der Waals surface area (Å²) < 4.78 is 1.18. The number of piperidine rings is 1. The van der Waals surface area contributed by atoms with Gasteiger partial charge in [-0.15, -0.1) is 12.4 Å². The zero-order chi connectivity index (χ0) is 8.89. The lowest BCUT2D eigenvalue weighted by Gasteiger charge is -2.11. The largest absolute Gasteiger partial charge is 0.316 e. The number of rotatable bonds is 1. The molecule has 0 aromatic heterocycles. The van der Waals surface area contributed by atoms with Gasteiger partial charge in [0.25, 0.3) is 0 Å². The summed E-state index contributed by atoms with van der Waals surface area (Å²) in [6.45, 7) is 2.40. The summed E-state index contributed by atoms with van der Waals surface area (Å²) in [4.78, 5) is 0. The van der Waals surface area contributed by atoms with Crippen LogP contribution >= 0.6 is 28.3 Å². The predicted octanol–water partition coefficient (Wildman–Crippen LogP) is 2.73. The molecule has 0 amide bonds. The van der Waals surface area contributed by atoms with Crippen molar-refractivity contribution in [1.82, 2.24) is 5.32 Å². The SMILES string of the molecule is Brc1ccc([C@]23CNC[C@H]2C3)cc1.Cl. The maximum atomic E-state index is 3.47. The van der Waals surface area contributed by atoms with Crippen LogP contribution in [0.3, 0.4) is 0 Å². The van der Waals surface area contributed by atoms with Gasteiger partial charge in [-0.3, -0.25) is 0 Å². The van der Waals surface area contributed by atoms with E-state index in [2.05, 4.69) is 45.5 Å². The highest BCUT2D eigenvalue weighted by Gasteiger charge is 2.57. The van der Waals surface area contributed by atoms with E-state index in [0.717, 1.165) is 5.92 Å². The van der Waals surface area contributed by atoms with Gasteiger partial charge in [0, 0.05) is 16.4 Å². The van der Waals surface area contributed by atoms with E-state index in [1.165, 1.54) is 29.5 Å². The molecular weight excluding hydrogens is 261 g/mol. The normalized spacial score (nSPS) is 33.4. The van der Waals surface area contributed by atoms with Crippen LogP contribution in [-0.2, 0) is 5.41 Å². The van der Waals surface area contributed by atoms with E-state index in [9.17, 15) is 0 Å². The Morgan fingerprint density at radius 2 is 2.00 bits per heavy atom. The molecule has 1 heterocycles. The van der Waals surface area contributed by atoms with Gasteiger partial charge in [0.15, 0.2) is 0 Å². The molecule has 2 aliphatic rings. The number of benzene rings is 1. The van der Waals surface area contributed by atoms with Crippen molar-refractivity contribution in [3.05, 3.63) is 34.3 Å². The average molecular weight is 275 g/mol. The molecule has 2 fully saturated rings. The Morgan fingerprint density at radius 1 is 1.29 bits per heavy atom. The number of hydrogen-bond donors (Lipinski definition) is 1. The van der Waals surface area contributed by atoms with Gasteiger partial charge in [0.05, 0.1) is 0 Å². The van der Waals surface area contributed by atoms with Crippen molar-refractivity contribution in [3.63, 3.8) is 0 Å². The molecule has 1 aromatic carbocycles. The van der Waals surface area contributed by atoms with Crippen LogP contribution in [0.15, 0.2) is 28.7 Å². The van der Waals surface area contributed by atoms with Gasteiger partial charge in [-0.05, 0) is 36.6 Å². The highest BCUT2D eigenvalue weighted by Crippen LogP contribution is 2.56. The fourth-order valence-corrected chi connectivity index (χ4v) is 2.84. The third kappa shape index (κ3) is 1.40. The summed E-state index contributed by atoms with van der Waals surface area (Å²) in [5.74, 6) is 0.911. The van der Waals surface area contributed by atoms with Gasteiger partial charge >= 0.3 is 0 Å². The molecule has 3 heteroatoms. The number of halogens is 2. The average Bonchev–Trinajstić information content (AvgIpc) is 2.71. The van der Waals surface area contributed by atoms with E-state index in [1.807, 2.05) is 0 Å². The summed E-state index contributed by atoms with van der Waals surface area (Å²) in [7, 11) is 0. The Balaban J connectivity index is 0.000000750. The molecule has 14 heavy (non-hydrogen) atoms. The molecule has 1 saturated carbocycles. The molecule has 1 aliphatic carbocycles. The third-order valence-corrected chi connectivity index (χ3v) is 4.01. The van der Waals surface area contributed by atoms with Crippen molar-refractivity contribution < 1.29 is 0 Å². The first-order valence-electron chi connectivity index (χ1n) is 4.78. The summed E-state index contributed by atoms with van der Waals surface area (Å²) in [5.41, 5.74) is 2.03. The first-order valence-corrected chi connectivity index (χ1v) is 5.57. The molecule has 1 saturated heterocycles. The summed E-state index contributed by atoms with van der Waals surface area (Å²) in [6, 6.07) is 8.82. The van der Waals surface area contributed by atoms with Crippen LogP contribution in [0.5, 0.6) is 0 Å². The Bertz CT molecular complexity index is 338. The lowest BCUT2D eigenvalue weighted by atomic mass is 9.95. The van der Waals surface area contributed by atoms with Crippen molar-refractivity contribution in [1.29, 1.82) is 0 Å². The van der Waals surface area contributed by atoms with Gasteiger partial charge in [-0.1, -0.05) is 28.1 Å². The maximum Gasteiger partial charge on any atom is 0.0175 e. The highest BCUT2D eigenvalue weighted by molar-refractivity contribution is 9.10. The zero-order valence-corrected chi connectivity index (χ0v) is 10.2. The molecule has 0 spiro atoms. The van der Waals surface area contributed by atoms with Crippen molar-refractivity contribution in [2.75, 3.05) is 13.1 Å². The molecule has 2 atom stereocenters. The van der Waals surface area contributed by atoms with E-state index in [-0.39, 0.29) is 12.4 Å². The van der Waals surface area contributed by atoms with Crippen LogP contribution in [0.1, 0.15) is 12.0 Å². The van der Waals surface area contributed by atoms with Crippen LogP contribution in [-0.4, -0.2) is 13.1 Å².